The van der Waals surface area contributed by atoms with Crippen LogP contribution in [0.3, 0.4) is 0 Å². The Morgan fingerprint density at radius 3 is 2.92 bits per heavy atom. The van der Waals surface area contributed by atoms with Gasteiger partial charge >= 0.3 is 0 Å². The van der Waals surface area contributed by atoms with Crippen LogP contribution < -0.4 is 5.32 Å². The minimum absolute atomic E-state index is 0.621. The highest BCUT2D eigenvalue weighted by Gasteiger charge is 2.20. The fourth-order valence-electron chi connectivity index (χ4n) is 1.82. The van der Waals surface area contributed by atoms with E-state index in [1.165, 1.54) is 28.6 Å². The number of thiophene rings is 1. The van der Waals surface area contributed by atoms with E-state index in [1.54, 1.807) is 0 Å². The number of hydrogen-bond acceptors (Lipinski definition) is 2. The second-order valence-corrected chi connectivity index (χ2v) is 4.39. The maximum absolute atomic E-state index is 3.45. The Morgan fingerprint density at radius 1 is 1.31 bits per heavy atom. The monoisotopic (exact) mass is 189 g/mol. The molecule has 66 valence electrons. The average molecular weight is 189 g/mol. The van der Waals surface area contributed by atoms with Crippen molar-refractivity contribution in [2.75, 3.05) is 6.54 Å². The topological polar surface area (TPSA) is 12.0 Å². The molecule has 0 saturated carbocycles. The van der Waals surface area contributed by atoms with Crippen molar-refractivity contribution < 1.29 is 0 Å². The van der Waals surface area contributed by atoms with Crippen LogP contribution in [0.2, 0.25) is 0 Å². The van der Waals surface area contributed by atoms with Gasteiger partial charge in [0, 0.05) is 10.7 Å². The molecule has 1 saturated heterocycles. The third-order valence-electron chi connectivity index (χ3n) is 2.71. The zero-order chi connectivity index (χ0) is 8.67. The summed E-state index contributed by atoms with van der Waals surface area (Å²) in [5, 5.41) is 7.17. The fourth-order valence-corrected chi connectivity index (χ4v) is 2.84. The van der Waals surface area contributed by atoms with Gasteiger partial charge in [-0.3, -0.25) is 0 Å². The Morgan fingerprint density at radius 2 is 2.15 bits per heavy atom. The van der Waals surface area contributed by atoms with E-state index in [9.17, 15) is 0 Å². The molecular weight excluding hydrogens is 178 g/mol. The molecule has 0 spiro atoms. The molecule has 1 nitrogen and oxygen atoms in total. The Bertz CT molecular complexity index is 428. The highest BCUT2D eigenvalue weighted by atomic mass is 32.1. The van der Waals surface area contributed by atoms with Crippen LogP contribution in [0.15, 0.2) is 29.6 Å². The molecule has 0 radical (unpaired) electrons. The minimum Gasteiger partial charge on any atom is -0.310 e. The van der Waals surface area contributed by atoms with Gasteiger partial charge < -0.3 is 5.32 Å². The largest absolute Gasteiger partial charge is 0.310 e. The lowest BCUT2D eigenvalue weighted by atomic mass is 9.98. The van der Waals surface area contributed by atoms with Gasteiger partial charge in [-0.05, 0) is 35.4 Å². The van der Waals surface area contributed by atoms with E-state index < -0.39 is 0 Å². The molecule has 2 aromatic rings. The molecule has 13 heavy (non-hydrogen) atoms. The van der Waals surface area contributed by atoms with Crippen LogP contribution in [-0.2, 0) is 0 Å². The zero-order valence-electron chi connectivity index (χ0n) is 7.29. The van der Waals surface area contributed by atoms with E-state index >= 15 is 0 Å². The Hall–Kier alpha value is -0.860. The van der Waals surface area contributed by atoms with E-state index in [0.29, 0.717) is 6.04 Å². The smallest absolute Gasteiger partial charge is 0.0346 e. The van der Waals surface area contributed by atoms with E-state index in [2.05, 4.69) is 35.0 Å². The minimum atomic E-state index is 0.621. The molecule has 3 rings (SSSR count). The van der Waals surface area contributed by atoms with Crippen molar-refractivity contribution in [3.05, 3.63) is 35.2 Å². The highest BCUT2D eigenvalue weighted by molar-refractivity contribution is 7.17. The molecule has 1 fully saturated rings. The summed E-state index contributed by atoms with van der Waals surface area (Å²) in [4.78, 5) is 0. The lowest BCUT2D eigenvalue weighted by molar-refractivity contribution is 0.386. The zero-order valence-corrected chi connectivity index (χ0v) is 8.10. The summed E-state index contributed by atoms with van der Waals surface area (Å²) in [5.41, 5.74) is 1.49. The normalized spacial score (nSPS) is 21.7. The molecule has 1 unspecified atom stereocenters. The molecule has 1 aromatic carbocycles. The van der Waals surface area contributed by atoms with Crippen LogP contribution >= 0.6 is 11.3 Å². The standard InChI is InChI=1S/C11H11NS/c1-2-4-11-8(3-1)9(7-13-11)10-5-6-12-10/h1-4,7,10,12H,5-6H2. The van der Waals surface area contributed by atoms with Crippen molar-refractivity contribution >= 4 is 21.4 Å². The Balaban J connectivity index is 2.17. The lowest BCUT2D eigenvalue weighted by Crippen LogP contribution is -2.34. The molecule has 0 bridgehead atoms. The van der Waals surface area contributed by atoms with Gasteiger partial charge in [0.25, 0.3) is 0 Å². The third kappa shape index (κ3) is 1.10. The summed E-state index contributed by atoms with van der Waals surface area (Å²) in [5.74, 6) is 0. The van der Waals surface area contributed by atoms with E-state index in [1.807, 2.05) is 11.3 Å². The molecule has 1 atom stereocenters. The SMILES string of the molecule is c1ccc2c(C3CCN3)csc2c1. The summed E-state index contributed by atoms with van der Waals surface area (Å²) >= 11 is 1.85. The second-order valence-electron chi connectivity index (χ2n) is 3.48. The highest BCUT2D eigenvalue weighted by Crippen LogP contribution is 2.33. The second kappa shape index (κ2) is 2.82. The summed E-state index contributed by atoms with van der Waals surface area (Å²) in [6, 6.07) is 9.27. The molecule has 2 heteroatoms. The predicted octanol–water partition coefficient (Wildman–Crippen LogP) is 2.94. The van der Waals surface area contributed by atoms with Crippen LogP contribution in [0, 0.1) is 0 Å². The van der Waals surface area contributed by atoms with Gasteiger partial charge in [-0.25, -0.2) is 0 Å². The Kier molecular flexibility index (Phi) is 1.64. The molecule has 1 aromatic heterocycles. The van der Waals surface area contributed by atoms with Crippen LogP contribution in [0.5, 0.6) is 0 Å². The molecule has 0 aliphatic carbocycles. The predicted molar refractivity (Wildman–Crippen MR) is 57.2 cm³/mol. The molecular formula is C11H11NS. The van der Waals surface area contributed by atoms with Gasteiger partial charge in [0.15, 0.2) is 0 Å². The van der Waals surface area contributed by atoms with E-state index in [0.717, 1.165) is 0 Å². The third-order valence-corrected chi connectivity index (χ3v) is 3.69. The number of rotatable bonds is 1. The molecule has 2 heterocycles. The summed E-state index contributed by atoms with van der Waals surface area (Å²) in [6.07, 6.45) is 1.29. The van der Waals surface area contributed by atoms with Gasteiger partial charge in [0.2, 0.25) is 0 Å². The number of nitrogens with one attached hydrogen (secondary N) is 1. The van der Waals surface area contributed by atoms with Crippen molar-refractivity contribution in [1.29, 1.82) is 0 Å². The summed E-state index contributed by atoms with van der Waals surface area (Å²) in [6.45, 7) is 1.18. The number of benzene rings is 1. The van der Waals surface area contributed by atoms with E-state index in [-0.39, 0.29) is 0 Å². The quantitative estimate of drug-likeness (QED) is 0.727. The summed E-state index contributed by atoms with van der Waals surface area (Å²) < 4.78 is 1.41. The van der Waals surface area contributed by atoms with Crippen molar-refractivity contribution in [3.63, 3.8) is 0 Å². The first-order valence-electron chi connectivity index (χ1n) is 4.65. The van der Waals surface area contributed by atoms with Gasteiger partial charge in [0.1, 0.15) is 0 Å². The average Bonchev–Trinajstić information content (AvgIpc) is 2.47. The fraction of sp³-hybridized carbons (Fsp3) is 0.273. The van der Waals surface area contributed by atoms with Crippen LogP contribution in [0.4, 0.5) is 0 Å². The van der Waals surface area contributed by atoms with Crippen molar-refractivity contribution in [2.24, 2.45) is 0 Å². The number of fused-ring (bicyclic) bond motifs is 1. The molecule has 1 N–H and O–H groups in total. The van der Waals surface area contributed by atoms with Gasteiger partial charge in [-0.15, -0.1) is 11.3 Å². The summed E-state index contributed by atoms with van der Waals surface area (Å²) in [7, 11) is 0. The van der Waals surface area contributed by atoms with Gasteiger partial charge in [-0.1, -0.05) is 18.2 Å². The van der Waals surface area contributed by atoms with Crippen molar-refractivity contribution in [2.45, 2.75) is 12.5 Å². The maximum atomic E-state index is 3.45. The van der Waals surface area contributed by atoms with Crippen molar-refractivity contribution in [3.8, 4) is 0 Å². The first-order valence-corrected chi connectivity index (χ1v) is 5.52. The number of hydrogen-bond donors (Lipinski definition) is 1. The van der Waals surface area contributed by atoms with Crippen molar-refractivity contribution in [1.82, 2.24) is 5.32 Å². The first-order chi connectivity index (χ1) is 6.45. The Labute approximate surface area is 81.4 Å². The van der Waals surface area contributed by atoms with Crippen LogP contribution in [0.25, 0.3) is 10.1 Å². The molecule has 1 aliphatic heterocycles. The van der Waals surface area contributed by atoms with Crippen LogP contribution in [0.1, 0.15) is 18.0 Å². The first kappa shape index (κ1) is 7.54. The molecule has 1 aliphatic rings. The van der Waals surface area contributed by atoms with Gasteiger partial charge in [0.05, 0.1) is 0 Å². The van der Waals surface area contributed by atoms with Crippen LogP contribution in [-0.4, -0.2) is 6.54 Å². The van der Waals surface area contributed by atoms with Gasteiger partial charge in [-0.2, -0.15) is 0 Å². The maximum Gasteiger partial charge on any atom is 0.0346 e. The van der Waals surface area contributed by atoms with E-state index in [4.69, 9.17) is 0 Å². The molecule has 0 amide bonds. The lowest BCUT2D eigenvalue weighted by Gasteiger charge is -2.27.